The van der Waals surface area contributed by atoms with E-state index in [1.54, 1.807) is 0 Å². The second-order valence-corrected chi connectivity index (χ2v) is 6.29. The smallest absolute Gasteiger partial charge is 0.323 e. The standard InChI is InChI=1S/C13H11ClF5N/c14-8-7(15)2-1-6(9(8)16)10(20)11-3-12(4-11,5-11)13(17,18)19/h1-2,10H,3-5,20H2. The lowest BCUT2D eigenvalue weighted by Crippen LogP contribution is -2.71. The van der Waals surface area contributed by atoms with E-state index in [1.165, 1.54) is 0 Å². The highest BCUT2D eigenvalue weighted by atomic mass is 35.5. The van der Waals surface area contributed by atoms with E-state index < -0.39 is 39.7 Å². The highest BCUT2D eigenvalue weighted by Gasteiger charge is 2.79. The summed E-state index contributed by atoms with van der Waals surface area (Å²) in [6, 6.07) is 1.23. The van der Waals surface area contributed by atoms with Crippen molar-refractivity contribution in [3.63, 3.8) is 0 Å². The van der Waals surface area contributed by atoms with Gasteiger partial charge in [0.15, 0.2) is 0 Å². The number of rotatable bonds is 2. The number of halogens is 6. The Balaban J connectivity index is 1.84. The van der Waals surface area contributed by atoms with E-state index >= 15 is 0 Å². The molecule has 7 heteroatoms. The Morgan fingerprint density at radius 1 is 1.15 bits per heavy atom. The number of hydrogen-bond donors (Lipinski definition) is 1. The molecular weight excluding hydrogens is 301 g/mol. The highest BCUT2D eigenvalue weighted by Crippen LogP contribution is 2.81. The van der Waals surface area contributed by atoms with E-state index in [2.05, 4.69) is 0 Å². The fraction of sp³-hybridized carbons (Fsp3) is 0.538. The third kappa shape index (κ3) is 1.58. The van der Waals surface area contributed by atoms with Gasteiger partial charge in [0.2, 0.25) is 0 Å². The lowest BCUT2D eigenvalue weighted by Gasteiger charge is -2.72. The van der Waals surface area contributed by atoms with Gasteiger partial charge in [-0.05, 0) is 30.7 Å². The zero-order valence-electron chi connectivity index (χ0n) is 10.2. The summed E-state index contributed by atoms with van der Waals surface area (Å²) in [4.78, 5) is 0. The molecule has 3 fully saturated rings. The van der Waals surface area contributed by atoms with Gasteiger partial charge in [-0.2, -0.15) is 13.2 Å². The molecule has 1 atom stereocenters. The zero-order valence-corrected chi connectivity index (χ0v) is 11.0. The van der Waals surface area contributed by atoms with Gasteiger partial charge in [0.1, 0.15) is 16.7 Å². The molecule has 4 rings (SSSR count). The second-order valence-electron chi connectivity index (χ2n) is 5.91. The molecule has 0 amide bonds. The first kappa shape index (κ1) is 14.1. The minimum atomic E-state index is -4.24. The van der Waals surface area contributed by atoms with Crippen LogP contribution < -0.4 is 5.73 Å². The van der Waals surface area contributed by atoms with Crippen LogP contribution in [0.15, 0.2) is 12.1 Å². The number of hydrogen-bond acceptors (Lipinski definition) is 1. The van der Waals surface area contributed by atoms with Crippen molar-refractivity contribution in [2.75, 3.05) is 0 Å². The van der Waals surface area contributed by atoms with Crippen LogP contribution in [-0.2, 0) is 0 Å². The summed E-state index contributed by atoms with van der Waals surface area (Å²) in [5.74, 6) is -1.89. The van der Waals surface area contributed by atoms with Crippen molar-refractivity contribution >= 4 is 11.6 Å². The Kier molecular flexibility index (Phi) is 2.71. The molecule has 1 aromatic carbocycles. The van der Waals surface area contributed by atoms with Gasteiger partial charge in [-0.15, -0.1) is 0 Å². The maximum Gasteiger partial charge on any atom is 0.394 e. The molecule has 2 bridgehead atoms. The van der Waals surface area contributed by atoms with E-state index in [0.29, 0.717) is 0 Å². The molecule has 20 heavy (non-hydrogen) atoms. The molecule has 0 aromatic heterocycles. The van der Waals surface area contributed by atoms with Crippen molar-refractivity contribution in [1.29, 1.82) is 0 Å². The molecule has 110 valence electrons. The van der Waals surface area contributed by atoms with E-state index in [1.807, 2.05) is 0 Å². The van der Waals surface area contributed by atoms with Gasteiger partial charge >= 0.3 is 6.18 Å². The van der Waals surface area contributed by atoms with Gasteiger partial charge in [0, 0.05) is 11.6 Å². The van der Waals surface area contributed by atoms with Crippen LogP contribution in [0, 0.1) is 22.5 Å². The third-order valence-corrected chi connectivity index (χ3v) is 5.08. The molecule has 0 heterocycles. The minimum Gasteiger partial charge on any atom is -0.323 e. The summed E-state index contributed by atoms with van der Waals surface area (Å²) < 4.78 is 65.3. The first-order valence-electron chi connectivity index (χ1n) is 6.08. The molecule has 2 N–H and O–H groups in total. The predicted molar refractivity (Wildman–Crippen MR) is 63.1 cm³/mol. The molecule has 3 aliphatic carbocycles. The summed E-state index contributed by atoms with van der Waals surface area (Å²) in [5.41, 5.74) is 3.50. The summed E-state index contributed by atoms with van der Waals surface area (Å²) in [7, 11) is 0. The highest BCUT2D eigenvalue weighted by molar-refractivity contribution is 6.30. The predicted octanol–water partition coefficient (Wildman–Crippen LogP) is 4.35. The Hall–Kier alpha value is -0.880. The average molecular weight is 312 g/mol. The van der Waals surface area contributed by atoms with Crippen LogP contribution in [-0.4, -0.2) is 6.18 Å². The molecule has 3 saturated carbocycles. The molecule has 0 aliphatic heterocycles. The van der Waals surface area contributed by atoms with Crippen LogP contribution in [0.3, 0.4) is 0 Å². The van der Waals surface area contributed by atoms with E-state index in [0.717, 1.165) is 12.1 Å². The first-order valence-corrected chi connectivity index (χ1v) is 6.45. The lowest BCUT2D eigenvalue weighted by atomic mass is 9.32. The topological polar surface area (TPSA) is 26.0 Å². The van der Waals surface area contributed by atoms with Crippen molar-refractivity contribution in [1.82, 2.24) is 0 Å². The Morgan fingerprint density at radius 3 is 2.20 bits per heavy atom. The van der Waals surface area contributed by atoms with E-state index in [9.17, 15) is 22.0 Å². The lowest BCUT2D eigenvalue weighted by molar-refractivity contribution is -0.368. The van der Waals surface area contributed by atoms with Crippen LogP contribution in [0.2, 0.25) is 5.02 Å². The van der Waals surface area contributed by atoms with Crippen LogP contribution in [0.5, 0.6) is 0 Å². The SMILES string of the molecule is NC(c1ccc(F)c(Cl)c1F)C12CC(C(F)(F)F)(C1)C2. The summed E-state index contributed by atoms with van der Waals surface area (Å²) in [6.07, 6.45) is -4.54. The summed E-state index contributed by atoms with van der Waals surface area (Å²) in [6.45, 7) is 0. The molecule has 1 aromatic rings. The van der Waals surface area contributed by atoms with Crippen molar-refractivity contribution < 1.29 is 22.0 Å². The molecule has 0 spiro atoms. The Bertz CT molecular complexity index is 563. The van der Waals surface area contributed by atoms with Crippen molar-refractivity contribution in [3.8, 4) is 0 Å². The van der Waals surface area contributed by atoms with E-state index in [-0.39, 0.29) is 24.8 Å². The number of benzene rings is 1. The molecule has 3 aliphatic rings. The van der Waals surface area contributed by atoms with Crippen LogP contribution in [0.4, 0.5) is 22.0 Å². The van der Waals surface area contributed by atoms with Crippen molar-refractivity contribution in [3.05, 3.63) is 34.4 Å². The number of nitrogens with two attached hydrogens (primary N) is 1. The first-order chi connectivity index (χ1) is 9.12. The van der Waals surface area contributed by atoms with Gasteiger partial charge in [-0.1, -0.05) is 17.7 Å². The van der Waals surface area contributed by atoms with Gasteiger partial charge in [-0.3, -0.25) is 0 Å². The average Bonchev–Trinajstić information content (AvgIpc) is 2.20. The van der Waals surface area contributed by atoms with Crippen molar-refractivity contribution in [2.45, 2.75) is 31.5 Å². The molecule has 0 saturated heterocycles. The van der Waals surface area contributed by atoms with E-state index in [4.69, 9.17) is 17.3 Å². The molecule has 1 nitrogen and oxygen atoms in total. The maximum atomic E-state index is 13.9. The quantitative estimate of drug-likeness (QED) is 0.638. The molecule has 1 unspecified atom stereocenters. The van der Waals surface area contributed by atoms with Crippen LogP contribution in [0.1, 0.15) is 30.9 Å². The fourth-order valence-corrected chi connectivity index (χ4v) is 3.78. The zero-order chi connectivity index (χ0) is 14.9. The van der Waals surface area contributed by atoms with Crippen LogP contribution in [0.25, 0.3) is 0 Å². The maximum absolute atomic E-state index is 13.9. The van der Waals surface area contributed by atoms with Gasteiger partial charge in [0.05, 0.1) is 5.41 Å². The normalized spacial score (nSPS) is 33.4. The molecular formula is C13H11ClF5N. The van der Waals surface area contributed by atoms with Crippen molar-refractivity contribution in [2.24, 2.45) is 16.6 Å². The van der Waals surface area contributed by atoms with Gasteiger partial charge in [0.25, 0.3) is 0 Å². The van der Waals surface area contributed by atoms with Gasteiger partial charge in [-0.25, -0.2) is 8.78 Å². The largest absolute Gasteiger partial charge is 0.394 e. The fourth-order valence-electron chi connectivity index (χ4n) is 3.61. The summed E-state index contributed by atoms with van der Waals surface area (Å²) in [5, 5.41) is -0.671. The Labute approximate surface area is 116 Å². The summed E-state index contributed by atoms with van der Waals surface area (Å²) >= 11 is 5.47. The van der Waals surface area contributed by atoms with Crippen LogP contribution >= 0.6 is 11.6 Å². The molecule has 0 radical (unpaired) electrons. The Morgan fingerprint density at radius 2 is 1.70 bits per heavy atom. The van der Waals surface area contributed by atoms with Gasteiger partial charge < -0.3 is 5.73 Å². The monoisotopic (exact) mass is 311 g/mol. The second kappa shape index (κ2) is 3.85. The number of alkyl halides is 3. The minimum absolute atomic E-state index is 0.0214. The third-order valence-electron chi connectivity index (χ3n) is 4.73.